The van der Waals surface area contributed by atoms with Crippen LogP contribution in [0.2, 0.25) is 0 Å². The maximum atomic E-state index is 12.0. The molecule has 4 rings (SSSR count). The van der Waals surface area contributed by atoms with Gasteiger partial charge in [-0.2, -0.15) is 4.98 Å². The Morgan fingerprint density at radius 2 is 2.12 bits per heavy atom. The first-order chi connectivity index (χ1) is 11.5. The molecule has 1 atom stereocenters. The van der Waals surface area contributed by atoms with Crippen LogP contribution in [-0.4, -0.2) is 29.1 Å². The van der Waals surface area contributed by atoms with E-state index >= 15 is 0 Å². The molecule has 7 heteroatoms. The van der Waals surface area contributed by atoms with Gasteiger partial charge in [-0.25, -0.2) is 0 Å². The van der Waals surface area contributed by atoms with Crippen molar-refractivity contribution in [2.24, 2.45) is 5.73 Å². The van der Waals surface area contributed by atoms with Crippen molar-refractivity contribution in [1.82, 2.24) is 10.1 Å². The fraction of sp³-hybridized carbons (Fsp3) is 0.471. The smallest absolute Gasteiger partial charge is 0.258 e. The number of likely N-dealkylation sites (N-methyl/N-ethyl adjacent to an activating group) is 1. The molecule has 1 aromatic heterocycles. The van der Waals surface area contributed by atoms with E-state index in [0.29, 0.717) is 11.7 Å². The Morgan fingerprint density at radius 1 is 1.38 bits per heavy atom. The zero-order valence-corrected chi connectivity index (χ0v) is 13.9. The molecule has 126 valence electrons. The SMILES string of the molecule is CC1C(=O)Nc2cc(-c3nc(C4(N)CCCC4)no3)ccc2N1C. The minimum atomic E-state index is -0.472. The van der Waals surface area contributed by atoms with Gasteiger partial charge in [-0.05, 0) is 38.0 Å². The zero-order valence-electron chi connectivity index (χ0n) is 13.9. The Balaban J connectivity index is 1.68. The van der Waals surface area contributed by atoms with Crippen LogP contribution in [0.1, 0.15) is 38.4 Å². The summed E-state index contributed by atoms with van der Waals surface area (Å²) in [7, 11) is 1.91. The molecule has 7 nitrogen and oxygen atoms in total. The van der Waals surface area contributed by atoms with E-state index in [1.54, 1.807) is 0 Å². The van der Waals surface area contributed by atoms with Gasteiger partial charge in [-0.1, -0.05) is 18.0 Å². The topological polar surface area (TPSA) is 97.3 Å². The lowest BCUT2D eigenvalue weighted by atomic mass is 9.98. The average molecular weight is 327 g/mol. The molecule has 1 amide bonds. The van der Waals surface area contributed by atoms with Gasteiger partial charge in [-0.15, -0.1) is 0 Å². The number of carbonyl (C=O) groups is 1. The number of rotatable bonds is 2. The van der Waals surface area contributed by atoms with Gasteiger partial charge >= 0.3 is 0 Å². The molecule has 1 aliphatic heterocycles. The third kappa shape index (κ3) is 2.27. The van der Waals surface area contributed by atoms with Gasteiger partial charge in [0.25, 0.3) is 5.89 Å². The average Bonchev–Trinajstić information content (AvgIpc) is 3.22. The van der Waals surface area contributed by atoms with Crippen molar-refractivity contribution in [1.29, 1.82) is 0 Å². The summed E-state index contributed by atoms with van der Waals surface area (Å²) < 4.78 is 5.43. The van der Waals surface area contributed by atoms with E-state index in [4.69, 9.17) is 10.3 Å². The van der Waals surface area contributed by atoms with Gasteiger partial charge < -0.3 is 20.5 Å². The van der Waals surface area contributed by atoms with E-state index in [1.165, 1.54) is 0 Å². The number of carbonyl (C=O) groups excluding carboxylic acids is 1. The fourth-order valence-electron chi connectivity index (χ4n) is 3.47. The van der Waals surface area contributed by atoms with Gasteiger partial charge in [0.05, 0.1) is 16.9 Å². The summed E-state index contributed by atoms with van der Waals surface area (Å²) in [6, 6.07) is 5.55. The summed E-state index contributed by atoms with van der Waals surface area (Å²) in [5.41, 5.74) is 8.41. The number of nitrogens with one attached hydrogen (secondary N) is 1. The van der Waals surface area contributed by atoms with Gasteiger partial charge in [0, 0.05) is 12.6 Å². The third-order valence-corrected chi connectivity index (χ3v) is 5.21. The maximum absolute atomic E-state index is 12.0. The van der Waals surface area contributed by atoms with E-state index < -0.39 is 5.54 Å². The van der Waals surface area contributed by atoms with Gasteiger partial charge in [0.1, 0.15) is 6.04 Å². The summed E-state index contributed by atoms with van der Waals surface area (Å²) in [6.07, 6.45) is 3.95. The van der Waals surface area contributed by atoms with Crippen LogP contribution in [0.4, 0.5) is 11.4 Å². The summed E-state index contributed by atoms with van der Waals surface area (Å²) in [6.45, 7) is 1.87. The van der Waals surface area contributed by atoms with Crippen LogP contribution in [0.25, 0.3) is 11.5 Å². The van der Waals surface area contributed by atoms with Crippen LogP contribution < -0.4 is 16.0 Å². The number of anilines is 2. The molecule has 2 aliphatic rings. The molecule has 0 bridgehead atoms. The van der Waals surface area contributed by atoms with E-state index in [9.17, 15) is 4.79 Å². The molecule has 1 saturated carbocycles. The van der Waals surface area contributed by atoms with Crippen molar-refractivity contribution < 1.29 is 9.32 Å². The minimum absolute atomic E-state index is 0.0276. The van der Waals surface area contributed by atoms with Crippen molar-refractivity contribution >= 4 is 17.3 Å². The lowest BCUT2D eigenvalue weighted by molar-refractivity contribution is -0.117. The second kappa shape index (κ2) is 5.31. The second-order valence-electron chi connectivity index (χ2n) is 6.79. The van der Waals surface area contributed by atoms with Crippen LogP contribution in [0.3, 0.4) is 0 Å². The van der Waals surface area contributed by atoms with Crippen LogP contribution >= 0.6 is 0 Å². The van der Waals surface area contributed by atoms with Gasteiger partial charge in [0.2, 0.25) is 5.91 Å². The van der Waals surface area contributed by atoms with Crippen molar-refractivity contribution in [2.75, 3.05) is 17.3 Å². The van der Waals surface area contributed by atoms with Crippen LogP contribution in [0, 0.1) is 0 Å². The van der Waals surface area contributed by atoms with Crippen molar-refractivity contribution in [3.8, 4) is 11.5 Å². The standard InChI is InChI=1S/C17H21N5O2/c1-10-14(23)19-12-9-11(5-6-13(12)22(10)2)15-20-16(21-24-15)17(18)7-3-4-8-17/h5-6,9-10H,3-4,7-8,18H2,1-2H3,(H,19,23). The highest BCUT2D eigenvalue weighted by Crippen LogP contribution is 2.37. The monoisotopic (exact) mass is 327 g/mol. The van der Waals surface area contributed by atoms with Crippen molar-refractivity contribution in [2.45, 2.75) is 44.2 Å². The zero-order chi connectivity index (χ0) is 16.9. The Hall–Kier alpha value is -2.41. The predicted octanol–water partition coefficient (Wildman–Crippen LogP) is 2.24. The van der Waals surface area contributed by atoms with Crippen LogP contribution in [-0.2, 0) is 10.3 Å². The molecule has 1 aromatic carbocycles. The van der Waals surface area contributed by atoms with E-state index in [1.807, 2.05) is 37.1 Å². The number of hydrogen-bond donors (Lipinski definition) is 2. The van der Waals surface area contributed by atoms with Crippen molar-refractivity contribution in [3.05, 3.63) is 24.0 Å². The molecule has 24 heavy (non-hydrogen) atoms. The Labute approximate surface area is 140 Å². The van der Waals surface area contributed by atoms with E-state index in [0.717, 1.165) is 42.6 Å². The number of amides is 1. The highest BCUT2D eigenvalue weighted by Gasteiger charge is 2.36. The number of aromatic nitrogens is 2. The first kappa shape index (κ1) is 15.1. The molecule has 1 aliphatic carbocycles. The summed E-state index contributed by atoms with van der Waals surface area (Å²) in [5, 5.41) is 7.02. The number of benzene rings is 1. The molecule has 2 heterocycles. The highest BCUT2D eigenvalue weighted by molar-refractivity contribution is 6.03. The molecule has 0 radical (unpaired) electrons. The molecular weight excluding hydrogens is 306 g/mol. The Bertz CT molecular complexity index is 794. The second-order valence-corrected chi connectivity index (χ2v) is 6.79. The highest BCUT2D eigenvalue weighted by atomic mass is 16.5. The first-order valence-corrected chi connectivity index (χ1v) is 8.29. The van der Waals surface area contributed by atoms with Gasteiger partial charge in [0.15, 0.2) is 5.82 Å². The molecule has 3 N–H and O–H groups in total. The maximum Gasteiger partial charge on any atom is 0.258 e. The molecule has 1 unspecified atom stereocenters. The molecule has 0 saturated heterocycles. The number of fused-ring (bicyclic) bond motifs is 1. The molecule has 1 fully saturated rings. The molecule has 2 aromatic rings. The Kier molecular flexibility index (Phi) is 3.35. The van der Waals surface area contributed by atoms with Crippen molar-refractivity contribution in [3.63, 3.8) is 0 Å². The normalized spacial score (nSPS) is 22.4. The van der Waals surface area contributed by atoms with E-state index in [-0.39, 0.29) is 11.9 Å². The lowest BCUT2D eigenvalue weighted by Gasteiger charge is -2.33. The quantitative estimate of drug-likeness (QED) is 0.878. The predicted molar refractivity (Wildman–Crippen MR) is 90.6 cm³/mol. The molecule has 0 spiro atoms. The number of nitrogens with two attached hydrogens (primary N) is 1. The lowest BCUT2D eigenvalue weighted by Crippen LogP contribution is -2.43. The fourth-order valence-corrected chi connectivity index (χ4v) is 3.47. The van der Waals surface area contributed by atoms with Crippen LogP contribution in [0.15, 0.2) is 22.7 Å². The molecular formula is C17H21N5O2. The third-order valence-electron chi connectivity index (χ3n) is 5.21. The summed E-state index contributed by atoms with van der Waals surface area (Å²) in [4.78, 5) is 18.5. The minimum Gasteiger partial charge on any atom is -0.361 e. The largest absolute Gasteiger partial charge is 0.361 e. The summed E-state index contributed by atoms with van der Waals surface area (Å²) >= 11 is 0. The number of hydrogen-bond acceptors (Lipinski definition) is 6. The number of nitrogens with zero attached hydrogens (tertiary/aromatic N) is 3. The van der Waals surface area contributed by atoms with Gasteiger partial charge in [-0.3, -0.25) is 4.79 Å². The Morgan fingerprint density at radius 3 is 2.88 bits per heavy atom. The summed E-state index contributed by atoms with van der Waals surface area (Å²) in [5.74, 6) is 0.975. The van der Waals surface area contributed by atoms with E-state index in [2.05, 4.69) is 15.5 Å². The van der Waals surface area contributed by atoms with Crippen LogP contribution in [0.5, 0.6) is 0 Å². The first-order valence-electron chi connectivity index (χ1n) is 8.29.